The van der Waals surface area contributed by atoms with Crippen LogP contribution in [0, 0.1) is 4.91 Å². The Bertz CT molecular complexity index is 816. The molecule has 0 unspecified atom stereocenters. The number of aliphatic hydroxyl groups is 3. The number of carbonyl (C=O) groups is 1. The van der Waals surface area contributed by atoms with Gasteiger partial charge in [0.1, 0.15) is 0 Å². The van der Waals surface area contributed by atoms with Crippen molar-refractivity contribution in [3.8, 4) is 0 Å². The van der Waals surface area contributed by atoms with Gasteiger partial charge in [-0.15, -0.1) is 0 Å². The van der Waals surface area contributed by atoms with Crippen LogP contribution in [0.4, 0.5) is 0 Å². The van der Waals surface area contributed by atoms with Gasteiger partial charge in [-0.1, -0.05) is 12.1 Å². The smallest absolute Gasteiger partial charge is 0.351 e. The molecule has 10 heteroatoms. The first-order valence-electron chi connectivity index (χ1n) is 8.16. The van der Waals surface area contributed by atoms with Crippen molar-refractivity contribution >= 4 is 16.9 Å². The second-order valence-electron chi connectivity index (χ2n) is 5.59. The summed E-state index contributed by atoms with van der Waals surface area (Å²) in [5.74, 6) is -0.745. The highest BCUT2D eigenvalue weighted by atomic mass is 16.5. The van der Waals surface area contributed by atoms with Crippen molar-refractivity contribution in [1.82, 2.24) is 14.9 Å². The van der Waals surface area contributed by atoms with Gasteiger partial charge in [0.25, 0.3) is 5.52 Å². The molecule has 0 atom stereocenters. The molecule has 2 aromatic rings. The molecule has 0 bridgehead atoms. The fourth-order valence-corrected chi connectivity index (χ4v) is 2.68. The van der Waals surface area contributed by atoms with Crippen molar-refractivity contribution in [2.75, 3.05) is 39.5 Å². The highest BCUT2D eigenvalue weighted by Crippen LogP contribution is 2.15. The first-order chi connectivity index (χ1) is 12.5. The third-order valence-corrected chi connectivity index (χ3v) is 3.88. The van der Waals surface area contributed by atoms with E-state index in [2.05, 4.69) is 5.32 Å². The van der Waals surface area contributed by atoms with Gasteiger partial charge in [0, 0.05) is 37.2 Å². The maximum Gasteiger partial charge on any atom is 0.351 e. The number of aliphatic hydroxyl groups excluding tert-OH is 3. The number of amides is 1. The van der Waals surface area contributed by atoms with Crippen LogP contribution in [0.25, 0.3) is 11.0 Å². The third kappa shape index (κ3) is 4.17. The monoisotopic (exact) mass is 367 g/mol. The molecule has 0 saturated carbocycles. The number of rotatable bonds is 9. The van der Waals surface area contributed by atoms with E-state index in [4.69, 9.17) is 15.3 Å². The van der Waals surface area contributed by atoms with Crippen LogP contribution in [-0.2, 0) is 6.54 Å². The molecule has 2 rings (SSSR count). The minimum absolute atomic E-state index is 0.0102. The second-order valence-corrected chi connectivity index (χ2v) is 5.59. The Morgan fingerprint density at radius 3 is 2.38 bits per heavy atom. The lowest BCUT2D eigenvalue weighted by atomic mass is 10.2. The Hall–Kier alpha value is -2.53. The quantitative estimate of drug-likeness (QED) is 0.263. The summed E-state index contributed by atoms with van der Waals surface area (Å²) in [6.07, 6.45) is 0. The molecular weight excluding hydrogens is 344 g/mol. The van der Waals surface area contributed by atoms with E-state index in [1.807, 2.05) is 0 Å². The first kappa shape index (κ1) is 19.8. The minimum atomic E-state index is -0.745. The molecule has 0 spiro atoms. The van der Waals surface area contributed by atoms with E-state index >= 15 is 0 Å². The first-order valence-corrected chi connectivity index (χ1v) is 8.16. The number of aromatic nitrogens is 2. The van der Waals surface area contributed by atoms with Crippen molar-refractivity contribution in [1.29, 1.82) is 0 Å². The second kappa shape index (κ2) is 9.25. The van der Waals surface area contributed by atoms with Crippen molar-refractivity contribution in [3.05, 3.63) is 40.6 Å². The number of nitrogens with zero attached hydrogens (tertiary/aromatic N) is 3. The van der Waals surface area contributed by atoms with Gasteiger partial charge in [-0.25, -0.2) is 0 Å². The summed E-state index contributed by atoms with van der Waals surface area (Å²) in [5.41, 5.74) is 0.00416. The molecule has 0 saturated heterocycles. The maximum absolute atomic E-state index is 12.8. The molecule has 0 aliphatic rings. The lowest BCUT2D eigenvalue weighted by molar-refractivity contribution is -0.469. The topological polar surface area (TPSA) is 141 Å². The Morgan fingerprint density at radius 2 is 1.77 bits per heavy atom. The zero-order valence-corrected chi connectivity index (χ0v) is 14.2. The van der Waals surface area contributed by atoms with Gasteiger partial charge in [-0.2, -0.15) is 4.73 Å². The van der Waals surface area contributed by atoms with Gasteiger partial charge < -0.3 is 25.8 Å². The van der Waals surface area contributed by atoms with Gasteiger partial charge in [-0.3, -0.25) is 9.69 Å². The Kier molecular flexibility index (Phi) is 7.04. The summed E-state index contributed by atoms with van der Waals surface area (Å²) in [6, 6.07) is 6.26. The van der Waals surface area contributed by atoms with E-state index in [9.17, 15) is 14.9 Å². The molecule has 0 fully saturated rings. The highest BCUT2D eigenvalue weighted by molar-refractivity contribution is 5.93. The highest BCUT2D eigenvalue weighted by Gasteiger charge is 2.31. The Balaban J connectivity index is 2.62. The molecule has 1 aromatic heterocycles. The summed E-state index contributed by atoms with van der Waals surface area (Å²) in [4.78, 5) is 26.8. The molecule has 26 heavy (non-hydrogen) atoms. The van der Waals surface area contributed by atoms with Gasteiger partial charge in [0.15, 0.2) is 11.2 Å². The van der Waals surface area contributed by atoms with Crippen LogP contribution in [-0.4, -0.2) is 75.5 Å². The lowest BCUT2D eigenvalue weighted by Gasteiger charge is -2.21. The summed E-state index contributed by atoms with van der Waals surface area (Å²) >= 11 is 0. The Morgan fingerprint density at radius 1 is 1.12 bits per heavy atom. The van der Waals surface area contributed by atoms with Crippen LogP contribution in [0.1, 0.15) is 16.2 Å². The average Bonchev–Trinajstić information content (AvgIpc) is 2.64. The predicted octanol–water partition coefficient (Wildman–Crippen LogP) is -1.70. The molecule has 1 aromatic carbocycles. The molecule has 1 amide bonds. The molecule has 0 aliphatic carbocycles. The molecule has 1 heterocycles. The van der Waals surface area contributed by atoms with Gasteiger partial charge in [-0.05, 0) is 6.07 Å². The fraction of sp³-hybridized carbons (Fsp3) is 0.438. The zero-order chi connectivity index (χ0) is 19.1. The largest absolute Gasteiger partial charge is 0.428 e. The number of carbonyl (C=O) groups excluding carboxylic acids is 1. The van der Waals surface area contributed by atoms with Crippen molar-refractivity contribution < 1.29 is 29.7 Å². The van der Waals surface area contributed by atoms with E-state index in [0.717, 1.165) is 4.73 Å². The molecule has 5 N–H and O–H groups in total. The number of fused-ring (bicyclic) bond motifs is 1. The molecule has 0 radical (unpaired) electrons. The summed E-state index contributed by atoms with van der Waals surface area (Å²) in [6.45, 7) is -0.410. The van der Waals surface area contributed by atoms with E-state index in [1.165, 1.54) is 12.1 Å². The number of nitrogens with one attached hydrogen (secondary N) is 1. The predicted molar refractivity (Wildman–Crippen MR) is 91.4 cm³/mol. The normalized spacial score (nSPS) is 11.2. The fourth-order valence-electron chi connectivity index (χ4n) is 2.68. The molecule has 142 valence electrons. The molecule has 0 aliphatic heterocycles. The van der Waals surface area contributed by atoms with Crippen molar-refractivity contribution in [2.45, 2.75) is 6.54 Å². The lowest BCUT2D eigenvalue weighted by Crippen LogP contribution is -2.41. The maximum atomic E-state index is 12.8. The van der Waals surface area contributed by atoms with Crippen LogP contribution >= 0.6 is 0 Å². The average molecular weight is 367 g/mol. The summed E-state index contributed by atoms with van der Waals surface area (Å²) in [5, 5.41) is 40.2. The molecular formula is C16H23N4O6+. The van der Waals surface area contributed by atoms with Gasteiger partial charge in [0.2, 0.25) is 0 Å². The van der Waals surface area contributed by atoms with E-state index in [0.29, 0.717) is 4.43 Å². The zero-order valence-electron chi connectivity index (χ0n) is 14.2. The molecule has 10 nitrogen and oxygen atoms in total. The minimum Gasteiger partial charge on any atom is -0.428 e. The van der Waals surface area contributed by atoms with E-state index in [1.54, 1.807) is 17.0 Å². The van der Waals surface area contributed by atoms with Crippen molar-refractivity contribution in [2.24, 2.45) is 0 Å². The van der Waals surface area contributed by atoms with Crippen LogP contribution in [0.15, 0.2) is 24.3 Å². The van der Waals surface area contributed by atoms with Crippen LogP contribution in [0.5, 0.6) is 0 Å². The number of benzene rings is 1. The number of hydrogen-bond acceptors (Lipinski definition) is 7. The van der Waals surface area contributed by atoms with Crippen LogP contribution < -0.4 is 9.74 Å². The SMILES string of the molecule is O=C(NCCO)c1c(CN(CCO)CCO)n(O)c2ccccc2[n+]1=O. The standard InChI is InChI=1S/C16H22N4O6/c21-8-5-17-16(24)15-14(11-18(6-9-22)7-10-23)19(25)12-3-1-2-4-13(12)20(15)26/h1-4,21-23,25H,5-11H2/p+1. The van der Waals surface area contributed by atoms with Crippen LogP contribution in [0.2, 0.25) is 0 Å². The number of para-hydroxylation sites is 2. The van der Waals surface area contributed by atoms with E-state index < -0.39 is 5.91 Å². The van der Waals surface area contributed by atoms with E-state index in [-0.39, 0.29) is 68.4 Å². The van der Waals surface area contributed by atoms with Gasteiger partial charge in [0.05, 0.1) is 24.2 Å². The number of hydrogen-bond donors (Lipinski definition) is 5. The summed E-state index contributed by atoms with van der Waals surface area (Å²) in [7, 11) is 0. The summed E-state index contributed by atoms with van der Waals surface area (Å²) < 4.78 is 1.19. The Labute approximate surface area is 149 Å². The van der Waals surface area contributed by atoms with Crippen molar-refractivity contribution in [3.63, 3.8) is 0 Å². The van der Waals surface area contributed by atoms with Crippen LogP contribution in [0.3, 0.4) is 0 Å². The third-order valence-electron chi connectivity index (χ3n) is 3.88. The van der Waals surface area contributed by atoms with Gasteiger partial charge >= 0.3 is 11.6 Å².